The van der Waals surface area contributed by atoms with Crippen molar-refractivity contribution >= 4 is 0 Å². The van der Waals surface area contributed by atoms with E-state index >= 15 is 0 Å². The molecule has 0 aliphatic rings. The predicted octanol–water partition coefficient (Wildman–Crippen LogP) is 0.530. The molecule has 0 aromatic carbocycles. The summed E-state index contributed by atoms with van der Waals surface area (Å²) in [7, 11) is 3.74. The average Bonchev–Trinajstić information content (AvgIpc) is 1.65. The van der Waals surface area contributed by atoms with E-state index in [0.29, 0.717) is 0 Å². The summed E-state index contributed by atoms with van der Waals surface area (Å²) >= 11 is 0. The average molecular weight is 101 g/mol. The molecular formula is C5H11NO. The summed E-state index contributed by atoms with van der Waals surface area (Å²) in [4.78, 5) is 1.83. The van der Waals surface area contributed by atoms with Gasteiger partial charge in [-0.25, -0.2) is 5.11 Å². The minimum Gasteiger partial charge on any atom is -0.300 e. The molecule has 0 heterocycles. The highest BCUT2D eigenvalue weighted by atomic mass is 16.3. The van der Waals surface area contributed by atoms with E-state index in [-0.39, 0.29) is 6.61 Å². The van der Waals surface area contributed by atoms with E-state index in [9.17, 15) is 5.11 Å². The Balaban J connectivity index is 3.14. The first-order valence-electron chi connectivity index (χ1n) is 2.26. The highest BCUT2D eigenvalue weighted by molar-refractivity contribution is 4.77. The van der Waals surface area contributed by atoms with Gasteiger partial charge in [0, 0.05) is 0 Å². The Morgan fingerprint density at radius 2 is 2.00 bits per heavy atom. The van der Waals surface area contributed by atoms with Crippen LogP contribution in [0.2, 0.25) is 0 Å². The summed E-state index contributed by atoms with van der Waals surface area (Å²) in [5.74, 6) is 0. The maximum Gasteiger partial charge on any atom is 0.102 e. The van der Waals surface area contributed by atoms with Crippen molar-refractivity contribution in [2.75, 3.05) is 20.7 Å². The second-order valence-corrected chi connectivity index (χ2v) is 1.77. The SMILES string of the molecule is C[C](C[O])N(C)C. The zero-order chi connectivity index (χ0) is 5.86. The van der Waals surface area contributed by atoms with E-state index in [2.05, 4.69) is 0 Å². The van der Waals surface area contributed by atoms with Crippen molar-refractivity contribution in [2.45, 2.75) is 6.92 Å². The lowest BCUT2D eigenvalue weighted by molar-refractivity contribution is 0.169. The molecule has 0 saturated heterocycles. The summed E-state index contributed by atoms with van der Waals surface area (Å²) in [6.07, 6.45) is 0. The van der Waals surface area contributed by atoms with Crippen LogP contribution < -0.4 is 0 Å². The second-order valence-electron chi connectivity index (χ2n) is 1.77. The third-order valence-corrected chi connectivity index (χ3v) is 0.972. The number of rotatable bonds is 2. The minimum atomic E-state index is -0.0903. The van der Waals surface area contributed by atoms with Crippen LogP contribution in [0.5, 0.6) is 0 Å². The molecular weight excluding hydrogens is 90.1 g/mol. The van der Waals surface area contributed by atoms with Gasteiger partial charge in [0.15, 0.2) is 0 Å². The van der Waals surface area contributed by atoms with Crippen LogP contribution in [0.4, 0.5) is 0 Å². The molecule has 0 aromatic rings. The van der Waals surface area contributed by atoms with Crippen molar-refractivity contribution in [3.05, 3.63) is 6.04 Å². The normalized spacial score (nSPS) is 11.1. The van der Waals surface area contributed by atoms with Crippen LogP contribution in [-0.2, 0) is 5.11 Å². The molecule has 0 aromatic heterocycles. The fourth-order valence-corrected chi connectivity index (χ4v) is 0.129. The number of hydrogen-bond donors (Lipinski definition) is 0. The highest BCUT2D eigenvalue weighted by Gasteiger charge is 2.01. The minimum absolute atomic E-state index is 0.0903. The van der Waals surface area contributed by atoms with Crippen molar-refractivity contribution in [3.63, 3.8) is 0 Å². The Bertz CT molecular complexity index is 45.3. The van der Waals surface area contributed by atoms with Crippen molar-refractivity contribution in [1.82, 2.24) is 4.90 Å². The first-order chi connectivity index (χ1) is 3.18. The standard InChI is InChI=1S/C5H11NO/c1-5(4-7)6(2)3/h4H2,1-3H3. The second kappa shape index (κ2) is 2.99. The van der Waals surface area contributed by atoms with E-state index in [1.54, 1.807) is 0 Å². The maximum atomic E-state index is 9.99. The smallest absolute Gasteiger partial charge is 0.102 e. The third kappa shape index (κ3) is 2.60. The van der Waals surface area contributed by atoms with Crippen molar-refractivity contribution in [2.24, 2.45) is 0 Å². The molecule has 7 heavy (non-hydrogen) atoms. The number of likely N-dealkylation sites (N-methyl/N-ethyl adjacent to an activating group) is 1. The van der Waals surface area contributed by atoms with E-state index < -0.39 is 0 Å². The Hall–Kier alpha value is -0.0800. The van der Waals surface area contributed by atoms with E-state index in [4.69, 9.17) is 0 Å². The predicted molar refractivity (Wildman–Crippen MR) is 28.2 cm³/mol. The van der Waals surface area contributed by atoms with E-state index in [1.165, 1.54) is 0 Å². The van der Waals surface area contributed by atoms with E-state index in [1.807, 2.05) is 25.9 Å². The molecule has 0 N–H and O–H groups in total. The van der Waals surface area contributed by atoms with Crippen LogP contribution in [-0.4, -0.2) is 25.6 Å². The number of nitrogens with zero attached hydrogens (tertiary/aromatic N) is 1. The monoisotopic (exact) mass is 101 g/mol. The Morgan fingerprint density at radius 3 is 2.00 bits per heavy atom. The molecule has 0 aliphatic carbocycles. The van der Waals surface area contributed by atoms with E-state index in [0.717, 1.165) is 6.04 Å². The Kier molecular flexibility index (Phi) is 2.96. The molecule has 2 heteroatoms. The third-order valence-electron chi connectivity index (χ3n) is 0.972. The Morgan fingerprint density at radius 1 is 1.57 bits per heavy atom. The molecule has 0 atom stereocenters. The van der Waals surface area contributed by atoms with Crippen LogP contribution in [0.3, 0.4) is 0 Å². The van der Waals surface area contributed by atoms with Gasteiger partial charge in [0.1, 0.15) is 6.61 Å². The topological polar surface area (TPSA) is 23.1 Å². The van der Waals surface area contributed by atoms with Crippen LogP contribution >= 0.6 is 0 Å². The summed E-state index contributed by atoms with van der Waals surface area (Å²) in [6, 6.07) is 0.875. The van der Waals surface area contributed by atoms with Gasteiger partial charge in [-0.15, -0.1) is 0 Å². The maximum absolute atomic E-state index is 9.99. The van der Waals surface area contributed by atoms with Gasteiger partial charge in [-0.05, 0) is 21.0 Å². The summed E-state index contributed by atoms with van der Waals surface area (Å²) < 4.78 is 0. The molecule has 2 nitrogen and oxygen atoms in total. The van der Waals surface area contributed by atoms with Crippen molar-refractivity contribution < 1.29 is 5.11 Å². The van der Waals surface area contributed by atoms with Gasteiger partial charge in [-0.1, -0.05) is 0 Å². The Labute approximate surface area is 44.8 Å². The molecule has 0 rings (SSSR count). The first-order valence-corrected chi connectivity index (χ1v) is 2.26. The molecule has 2 radical (unpaired) electrons. The lowest BCUT2D eigenvalue weighted by Crippen LogP contribution is -2.18. The largest absolute Gasteiger partial charge is 0.300 e. The van der Waals surface area contributed by atoms with Gasteiger partial charge in [0.2, 0.25) is 0 Å². The van der Waals surface area contributed by atoms with Crippen LogP contribution in [0.25, 0.3) is 0 Å². The molecule has 0 bridgehead atoms. The molecule has 42 valence electrons. The molecule has 0 fully saturated rings. The van der Waals surface area contributed by atoms with Crippen molar-refractivity contribution in [3.8, 4) is 0 Å². The molecule has 0 saturated carbocycles. The van der Waals surface area contributed by atoms with Crippen LogP contribution in [0.1, 0.15) is 6.92 Å². The lowest BCUT2D eigenvalue weighted by Gasteiger charge is -2.13. The van der Waals surface area contributed by atoms with Gasteiger partial charge >= 0.3 is 0 Å². The van der Waals surface area contributed by atoms with Gasteiger partial charge in [-0.3, -0.25) is 4.90 Å². The quantitative estimate of drug-likeness (QED) is 0.497. The number of hydrogen-bond acceptors (Lipinski definition) is 1. The highest BCUT2D eigenvalue weighted by Crippen LogP contribution is 1.96. The molecule has 0 spiro atoms. The molecule has 0 unspecified atom stereocenters. The first kappa shape index (κ1) is 6.92. The van der Waals surface area contributed by atoms with Gasteiger partial charge < -0.3 is 0 Å². The van der Waals surface area contributed by atoms with Crippen LogP contribution in [0, 0.1) is 6.04 Å². The fourth-order valence-electron chi connectivity index (χ4n) is 0.129. The fraction of sp³-hybridized carbons (Fsp3) is 0.800. The zero-order valence-electron chi connectivity index (χ0n) is 5.06. The zero-order valence-corrected chi connectivity index (χ0v) is 5.06. The lowest BCUT2D eigenvalue weighted by atomic mass is 10.3. The van der Waals surface area contributed by atoms with Gasteiger partial charge in [0.25, 0.3) is 0 Å². The van der Waals surface area contributed by atoms with Crippen molar-refractivity contribution in [1.29, 1.82) is 0 Å². The van der Waals surface area contributed by atoms with Gasteiger partial charge in [0.05, 0.1) is 6.04 Å². The van der Waals surface area contributed by atoms with Crippen LogP contribution in [0.15, 0.2) is 0 Å². The summed E-state index contributed by atoms with van der Waals surface area (Å²) in [5.41, 5.74) is 0. The van der Waals surface area contributed by atoms with Gasteiger partial charge in [-0.2, -0.15) is 0 Å². The molecule has 0 amide bonds. The summed E-state index contributed by atoms with van der Waals surface area (Å²) in [6.45, 7) is 1.74. The molecule has 0 aliphatic heterocycles. The summed E-state index contributed by atoms with van der Waals surface area (Å²) in [5, 5.41) is 9.99.